The lowest BCUT2D eigenvalue weighted by molar-refractivity contribution is 0.580. The first-order chi connectivity index (χ1) is 9.38. The van der Waals surface area contributed by atoms with Crippen molar-refractivity contribution in [2.75, 3.05) is 0 Å². The first-order valence-electron chi connectivity index (χ1n) is 6.20. The molecule has 20 heavy (non-hydrogen) atoms. The van der Waals surface area contributed by atoms with E-state index in [1.807, 2.05) is 37.3 Å². The van der Waals surface area contributed by atoms with Crippen molar-refractivity contribution in [3.05, 3.63) is 63.6 Å². The van der Waals surface area contributed by atoms with Gasteiger partial charge in [-0.1, -0.05) is 51.8 Å². The maximum atomic E-state index is 12.3. The Hall–Kier alpha value is -1.17. The molecule has 0 saturated heterocycles. The van der Waals surface area contributed by atoms with Crippen LogP contribution in [0.5, 0.6) is 0 Å². The van der Waals surface area contributed by atoms with Crippen LogP contribution in [0.3, 0.4) is 0 Å². The van der Waals surface area contributed by atoms with Crippen molar-refractivity contribution >= 4 is 26.0 Å². The topological polar surface area (TPSA) is 46.2 Å². The highest BCUT2D eigenvalue weighted by Gasteiger charge is 2.16. The third-order valence-electron chi connectivity index (χ3n) is 3.03. The molecule has 0 fully saturated rings. The minimum atomic E-state index is -3.50. The molecular weight excluding hydrogens is 338 g/mol. The molecule has 0 atom stereocenters. The van der Waals surface area contributed by atoms with Crippen LogP contribution in [-0.4, -0.2) is 8.42 Å². The Morgan fingerprint density at radius 2 is 1.70 bits per heavy atom. The lowest BCUT2D eigenvalue weighted by Gasteiger charge is -2.10. The molecule has 2 rings (SSSR count). The molecule has 0 radical (unpaired) electrons. The molecule has 0 spiro atoms. The predicted molar refractivity (Wildman–Crippen MR) is 84.1 cm³/mol. The maximum Gasteiger partial charge on any atom is 0.241 e. The van der Waals surface area contributed by atoms with Gasteiger partial charge in [-0.15, -0.1) is 0 Å². The Kier molecular flexibility index (Phi) is 4.62. The third kappa shape index (κ3) is 3.69. The average molecular weight is 354 g/mol. The van der Waals surface area contributed by atoms with Gasteiger partial charge in [-0.25, -0.2) is 13.1 Å². The number of benzene rings is 2. The van der Waals surface area contributed by atoms with Crippen molar-refractivity contribution in [3.63, 3.8) is 0 Å². The van der Waals surface area contributed by atoms with Crippen LogP contribution in [0.15, 0.2) is 51.8 Å². The number of hydrogen-bond donors (Lipinski definition) is 1. The quantitative estimate of drug-likeness (QED) is 0.913. The molecule has 0 aliphatic heterocycles. The standard InChI is InChI=1S/C15H16BrNO2S/c1-11-3-6-13(7-4-11)10-17-20(18,19)15-9-14(16)8-5-12(15)2/h3-9,17H,10H2,1-2H3. The van der Waals surface area contributed by atoms with Gasteiger partial charge in [0.25, 0.3) is 0 Å². The zero-order valence-electron chi connectivity index (χ0n) is 11.4. The fourth-order valence-electron chi connectivity index (χ4n) is 1.83. The van der Waals surface area contributed by atoms with Crippen LogP contribution in [0.2, 0.25) is 0 Å². The Morgan fingerprint density at radius 1 is 1.05 bits per heavy atom. The van der Waals surface area contributed by atoms with E-state index in [-0.39, 0.29) is 6.54 Å². The SMILES string of the molecule is Cc1ccc(CNS(=O)(=O)c2cc(Br)ccc2C)cc1. The van der Waals surface area contributed by atoms with E-state index in [1.54, 1.807) is 19.1 Å². The van der Waals surface area contributed by atoms with Crippen LogP contribution >= 0.6 is 15.9 Å². The minimum Gasteiger partial charge on any atom is -0.207 e. The van der Waals surface area contributed by atoms with Crippen LogP contribution in [0.4, 0.5) is 0 Å². The minimum absolute atomic E-state index is 0.286. The van der Waals surface area contributed by atoms with Crippen LogP contribution in [0.25, 0.3) is 0 Å². The summed E-state index contributed by atoms with van der Waals surface area (Å²) in [7, 11) is -3.50. The van der Waals surface area contributed by atoms with Gasteiger partial charge in [0.15, 0.2) is 0 Å². The van der Waals surface area contributed by atoms with Gasteiger partial charge in [-0.05, 0) is 37.1 Å². The van der Waals surface area contributed by atoms with Gasteiger partial charge in [0.2, 0.25) is 10.0 Å². The largest absolute Gasteiger partial charge is 0.241 e. The summed E-state index contributed by atoms with van der Waals surface area (Å²) in [5, 5.41) is 0. The molecule has 3 nitrogen and oxygen atoms in total. The van der Waals surface area contributed by atoms with Crippen molar-refractivity contribution in [1.29, 1.82) is 0 Å². The van der Waals surface area contributed by atoms with E-state index < -0.39 is 10.0 Å². The molecule has 2 aromatic rings. The average Bonchev–Trinajstić information content (AvgIpc) is 2.41. The second kappa shape index (κ2) is 6.08. The summed E-state index contributed by atoms with van der Waals surface area (Å²) in [6.07, 6.45) is 0. The smallest absolute Gasteiger partial charge is 0.207 e. The zero-order valence-corrected chi connectivity index (χ0v) is 13.8. The van der Waals surface area contributed by atoms with E-state index in [0.717, 1.165) is 21.2 Å². The van der Waals surface area contributed by atoms with Gasteiger partial charge in [-0.3, -0.25) is 0 Å². The fraction of sp³-hybridized carbons (Fsp3) is 0.200. The first-order valence-corrected chi connectivity index (χ1v) is 8.47. The molecule has 0 heterocycles. The number of halogens is 1. The summed E-state index contributed by atoms with van der Waals surface area (Å²) in [6.45, 7) is 4.07. The second-order valence-corrected chi connectivity index (χ2v) is 7.37. The van der Waals surface area contributed by atoms with Gasteiger partial charge in [0.1, 0.15) is 0 Å². The number of nitrogens with one attached hydrogen (secondary N) is 1. The molecule has 106 valence electrons. The Bertz CT molecular complexity index is 709. The molecule has 1 N–H and O–H groups in total. The molecule has 0 bridgehead atoms. The Balaban J connectivity index is 2.19. The summed E-state index contributed by atoms with van der Waals surface area (Å²) in [5.41, 5.74) is 2.82. The van der Waals surface area contributed by atoms with Gasteiger partial charge in [0.05, 0.1) is 4.90 Å². The summed E-state index contributed by atoms with van der Waals surface area (Å²) in [4.78, 5) is 0.305. The molecule has 5 heteroatoms. The van der Waals surface area contributed by atoms with Crippen LogP contribution in [0.1, 0.15) is 16.7 Å². The molecule has 0 aliphatic carbocycles. The fourth-order valence-corrected chi connectivity index (χ4v) is 3.62. The van der Waals surface area contributed by atoms with Crippen LogP contribution < -0.4 is 4.72 Å². The van der Waals surface area contributed by atoms with Gasteiger partial charge in [-0.2, -0.15) is 0 Å². The molecule has 0 aromatic heterocycles. The van der Waals surface area contributed by atoms with Crippen LogP contribution in [-0.2, 0) is 16.6 Å². The normalized spacial score (nSPS) is 11.6. The van der Waals surface area contributed by atoms with E-state index in [1.165, 1.54) is 0 Å². The van der Waals surface area contributed by atoms with E-state index in [0.29, 0.717) is 4.90 Å². The van der Waals surface area contributed by atoms with Crippen molar-refractivity contribution in [1.82, 2.24) is 4.72 Å². The third-order valence-corrected chi connectivity index (χ3v) is 5.06. The van der Waals surface area contributed by atoms with Crippen LogP contribution in [0, 0.1) is 13.8 Å². The number of hydrogen-bond acceptors (Lipinski definition) is 2. The zero-order chi connectivity index (χ0) is 14.8. The molecule has 0 amide bonds. The number of sulfonamides is 1. The van der Waals surface area contributed by atoms with E-state index in [4.69, 9.17) is 0 Å². The lowest BCUT2D eigenvalue weighted by Crippen LogP contribution is -2.24. The summed E-state index contributed by atoms with van der Waals surface area (Å²) >= 11 is 3.30. The number of aryl methyl sites for hydroxylation is 2. The Labute approximate surface area is 128 Å². The van der Waals surface area contributed by atoms with Gasteiger partial charge >= 0.3 is 0 Å². The summed E-state index contributed by atoms with van der Waals surface area (Å²) < 4.78 is 28.0. The molecule has 0 saturated carbocycles. The van der Waals surface area contributed by atoms with E-state index >= 15 is 0 Å². The van der Waals surface area contributed by atoms with Crippen molar-refractivity contribution < 1.29 is 8.42 Å². The highest BCUT2D eigenvalue weighted by atomic mass is 79.9. The predicted octanol–water partition coefficient (Wildman–Crippen LogP) is 3.54. The first kappa shape index (κ1) is 15.2. The molecule has 0 aliphatic rings. The molecule has 2 aromatic carbocycles. The van der Waals surface area contributed by atoms with Crippen molar-refractivity contribution in [2.45, 2.75) is 25.3 Å². The van der Waals surface area contributed by atoms with Crippen molar-refractivity contribution in [3.8, 4) is 0 Å². The summed E-state index contributed by atoms with van der Waals surface area (Å²) in [5.74, 6) is 0. The molecular formula is C15H16BrNO2S. The van der Waals surface area contributed by atoms with Gasteiger partial charge < -0.3 is 0 Å². The number of rotatable bonds is 4. The Morgan fingerprint density at radius 3 is 2.35 bits per heavy atom. The van der Waals surface area contributed by atoms with E-state index in [9.17, 15) is 8.42 Å². The maximum absolute atomic E-state index is 12.3. The highest BCUT2D eigenvalue weighted by molar-refractivity contribution is 9.10. The lowest BCUT2D eigenvalue weighted by atomic mass is 10.2. The molecule has 0 unspecified atom stereocenters. The van der Waals surface area contributed by atoms with Gasteiger partial charge in [0, 0.05) is 11.0 Å². The van der Waals surface area contributed by atoms with E-state index in [2.05, 4.69) is 20.7 Å². The summed E-state index contributed by atoms with van der Waals surface area (Å²) in [6, 6.07) is 13.0. The monoisotopic (exact) mass is 353 g/mol. The highest BCUT2D eigenvalue weighted by Crippen LogP contribution is 2.20. The second-order valence-electron chi connectivity index (χ2n) is 4.72. The van der Waals surface area contributed by atoms with Crippen molar-refractivity contribution in [2.24, 2.45) is 0 Å².